The van der Waals surface area contributed by atoms with Crippen molar-refractivity contribution in [1.29, 1.82) is 0 Å². The summed E-state index contributed by atoms with van der Waals surface area (Å²) in [5.41, 5.74) is 2.05. The summed E-state index contributed by atoms with van der Waals surface area (Å²) in [5.74, 6) is -0.143. The molecule has 4 rings (SSSR count). The van der Waals surface area contributed by atoms with E-state index in [1.54, 1.807) is 0 Å². The second-order valence-corrected chi connectivity index (χ2v) is 8.78. The number of fused-ring (bicyclic) bond motifs is 1. The Morgan fingerprint density at radius 1 is 1.13 bits per heavy atom. The lowest BCUT2D eigenvalue weighted by atomic mass is 9.98. The summed E-state index contributed by atoms with van der Waals surface area (Å²) in [6.07, 6.45) is -4.44. The predicted molar refractivity (Wildman–Crippen MR) is 112 cm³/mol. The summed E-state index contributed by atoms with van der Waals surface area (Å²) in [7, 11) is 1.39. The van der Waals surface area contributed by atoms with E-state index in [4.69, 9.17) is 9.47 Å². The van der Waals surface area contributed by atoms with Crippen molar-refractivity contribution in [2.24, 2.45) is 5.92 Å². The SMILES string of the molecule is COC(=O)C1CN(c2cc(C)cc(N3CC(C)(C)Oc4cc(C(F)(F)F)ccc43)c2)C1. The van der Waals surface area contributed by atoms with E-state index in [0.29, 0.717) is 25.3 Å². The molecule has 5 nitrogen and oxygen atoms in total. The minimum Gasteiger partial charge on any atom is -0.484 e. The molecule has 1 fully saturated rings. The van der Waals surface area contributed by atoms with Gasteiger partial charge in [-0.05, 0) is 62.7 Å². The summed E-state index contributed by atoms with van der Waals surface area (Å²) >= 11 is 0. The first-order valence-electron chi connectivity index (χ1n) is 10.1. The fourth-order valence-electron chi connectivity index (χ4n) is 4.11. The van der Waals surface area contributed by atoms with Gasteiger partial charge in [-0.25, -0.2) is 0 Å². The number of methoxy groups -OCH3 is 1. The molecule has 0 aliphatic carbocycles. The minimum atomic E-state index is -4.44. The molecule has 31 heavy (non-hydrogen) atoms. The lowest BCUT2D eigenvalue weighted by Crippen LogP contribution is -2.51. The molecule has 1 saturated heterocycles. The van der Waals surface area contributed by atoms with Crippen LogP contribution in [0.2, 0.25) is 0 Å². The summed E-state index contributed by atoms with van der Waals surface area (Å²) in [4.78, 5) is 15.8. The molecule has 166 valence electrons. The normalized spacial score (nSPS) is 18.2. The third kappa shape index (κ3) is 4.16. The number of benzene rings is 2. The van der Waals surface area contributed by atoms with Gasteiger partial charge in [-0.3, -0.25) is 4.79 Å². The van der Waals surface area contributed by atoms with E-state index < -0.39 is 17.3 Å². The van der Waals surface area contributed by atoms with Gasteiger partial charge in [0.25, 0.3) is 0 Å². The number of ether oxygens (including phenoxy) is 2. The van der Waals surface area contributed by atoms with Gasteiger partial charge in [0.05, 0.1) is 30.8 Å². The van der Waals surface area contributed by atoms with E-state index in [9.17, 15) is 18.0 Å². The molecule has 0 saturated carbocycles. The molecular formula is C23H25F3N2O3. The van der Waals surface area contributed by atoms with E-state index in [-0.39, 0.29) is 17.6 Å². The second-order valence-electron chi connectivity index (χ2n) is 8.78. The van der Waals surface area contributed by atoms with E-state index in [0.717, 1.165) is 29.1 Å². The van der Waals surface area contributed by atoms with Crippen LogP contribution in [0.4, 0.5) is 30.2 Å². The van der Waals surface area contributed by atoms with Crippen molar-refractivity contribution in [3.05, 3.63) is 47.5 Å². The van der Waals surface area contributed by atoms with Gasteiger partial charge in [-0.2, -0.15) is 13.2 Å². The highest BCUT2D eigenvalue weighted by molar-refractivity contribution is 5.78. The number of carbonyl (C=O) groups excluding carboxylic acids is 1. The second kappa shape index (κ2) is 7.35. The van der Waals surface area contributed by atoms with Crippen LogP contribution in [-0.2, 0) is 15.7 Å². The van der Waals surface area contributed by atoms with E-state index >= 15 is 0 Å². The highest BCUT2D eigenvalue weighted by atomic mass is 19.4. The Labute approximate surface area is 179 Å². The number of halogens is 3. The van der Waals surface area contributed by atoms with Crippen molar-refractivity contribution in [3.8, 4) is 5.75 Å². The zero-order chi connectivity index (χ0) is 22.6. The van der Waals surface area contributed by atoms with E-state index in [2.05, 4.69) is 4.90 Å². The molecule has 0 bridgehead atoms. The zero-order valence-electron chi connectivity index (χ0n) is 17.9. The third-order valence-corrected chi connectivity index (χ3v) is 5.64. The lowest BCUT2D eigenvalue weighted by Gasteiger charge is -2.42. The van der Waals surface area contributed by atoms with Crippen LogP contribution in [0.15, 0.2) is 36.4 Å². The van der Waals surface area contributed by atoms with Crippen LogP contribution in [0.1, 0.15) is 25.0 Å². The number of rotatable bonds is 3. The van der Waals surface area contributed by atoms with Crippen LogP contribution < -0.4 is 14.5 Å². The van der Waals surface area contributed by atoms with Gasteiger partial charge in [0.15, 0.2) is 0 Å². The molecule has 2 aromatic rings. The fourth-order valence-corrected chi connectivity index (χ4v) is 4.11. The largest absolute Gasteiger partial charge is 0.484 e. The first-order chi connectivity index (χ1) is 14.5. The Kier molecular flexibility index (Phi) is 5.06. The van der Waals surface area contributed by atoms with Crippen LogP contribution in [-0.4, -0.2) is 38.3 Å². The summed E-state index contributed by atoms with van der Waals surface area (Å²) in [5, 5.41) is 0. The standard InChI is InChI=1S/C23H25F3N2O3/c1-14-7-17(27-11-15(12-27)21(29)30-4)10-18(8-14)28-13-22(2,3)31-20-9-16(23(24,25)26)5-6-19(20)28/h5-10,15H,11-13H2,1-4H3. The quantitative estimate of drug-likeness (QED) is 0.641. The molecule has 8 heteroatoms. The first kappa shape index (κ1) is 21.3. The van der Waals surface area contributed by atoms with Gasteiger partial charge in [-0.1, -0.05) is 0 Å². The molecule has 0 atom stereocenters. The Balaban J connectivity index is 1.68. The van der Waals surface area contributed by atoms with E-state index in [1.165, 1.54) is 13.2 Å². The van der Waals surface area contributed by atoms with Crippen LogP contribution in [0.25, 0.3) is 0 Å². The molecule has 0 amide bonds. The zero-order valence-corrected chi connectivity index (χ0v) is 17.9. The van der Waals surface area contributed by atoms with Crippen LogP contribution in [0.5, 0.6) is 5.75 Å². The van der Waals surface area contributed by atoms with Crippen LogP contribution in [0.3, 0.4) is 0 Å². The summed E-state index contributed by atoms with van der Waals surface area (Å²) in [6.45, 7) is 7.33. The molecule has 0 unspecified atom stereocenters. The fraction of sp³-hybridized carbons (Fsp3) is 0.435. The molecule has 0 radical (unpaired) electrons. The molecule has 2 heterocycles. The van der Waals surface area contributed by atoms with Crippen LogP contribution in [0, 0.1) is 12.8 Å². The Morgan fingerprint density at radius 3 is 2.45 bits per heavy atom. The monoisotopic (exact) mass is 434 g/mol. The van der Waals surface area contributed by atoms with Crippen molar-refractivity contribution >= 4 is 23.0 Å². The number of aryl methyl sites for hydroxylation is 1. The number of esters is 1. The third-order valence-electron chi connectivity index (χ3n) is 5.64. The Morgan fingerprint density at radius 2 is 1.81 bits per heavy atom. The average Bonchev–Trinajstić information content (AvgIpc) is 2.63. The number of anilines is 3. The van der Waals surface area contributed by atoms with E-state index in [1.807, 2.05) is 43.9 Å². The van der Waals surface area contributed by atoms with Gasteiger partial charge < -0.3 is 19.3 Å². The predicted octanol–water partition coefficient (Wildman–Crippen LogP) is 4.93. The van der Waals surface area contributed by atoms with Crippen LogP contribution >= 0.6 is 0 Å². The minimum absolute atomic E-state index is 0.141. The van der Waals surface area contributed by atoms with Crippen molar-refractivity contribution in [1.82, 2.24) is 0 Å². The van der Waals surface area contributed by atoms with Crippen molar-refractivity contribution in [2.45, 2.75) is 32.5 Å². The van der Waals surface area contributed by atoms with Gasteiger partial charge in [0.1, 0.15) is 11.4 Å². The molecule has 0 N–H and O–H groups in total. The highest BCUT2D eigenvalue weighted by Crippen LogP contribution is 2.45. The number of hydrogen-bond acceptors (Lipinski definition) is 5. The van der Waals surface area contributed by atoms with Crippen molar-refractivity contribution < 1.29 is 27.4 Å². The summed E-state index contributed by atoms with van der Waals surface area (Å²) < 4.78 is 50.4. The number of hydrogen-bond donors (Lipinski definition) is 0. The molecule has 0 aromatic heterocycles. The topological polar surface area (TPSA) is 42.0 Å². The molecule has 2 aliphatic rings. The van der Waals surface area contributed by atoms with Gasteiger partial charge >= 0.3 is 12.1 Å². The maximum atomic E-state index is 13.2. The number of nitrogens with zero attached hydrogens (tertiary/aromatic N) is 2. The Hall–Kier alpha value is -2.90. The van der Waals surface area contributed by atoms with Crippen molar-refractivity contribution in [3.63, 3.8) is 0 Å². The number of carbonyl (C=O) groups is 1. The lowest BCUT2D eigenvalue weighted by molar-refractivity contribution is -0.146. The number of alkyl halides is 3. The average molecular weight is 434 g/mol. The van der Waals surface area contributed by atoms with Gasteiger partial charge in [-0.15, -0.1) is 0 Å². The molecule has 2 aromatic carbocycles. The smallest absolute Gasteiger partial charge is 0.416 e. The maximum Gasteiger partial charge on any atom is 0.416 e. The Bertz CT molecular complexity index is 1010. The first-order valence-corrected chi connectivity index (χ1v) is 10.1. The summed E-state index contributed by atoms with van der Waals surface area (Å²) in [6, 6.07) is 9.66. The van der Waals surface area contributed by atoms with Gasteiger partial charge in [0.2, 0.25) is 0 Å². The maximum absolute atomic E-state index is 13.2. The molecule has 2 aliphatic heterocycles. The molecule has 0 spiro atoms. The van der Waals surface area contributed by atoms with Gasteiger partial charge in [0, 0.05) is 24.5 Å². The molecular weight excluding hydrogens is 409 g/mol. The highest BCUT2D eigenvalue weighted by Gasteiger charge is 2.38. The van der Waals surface area contributed by atoms with Crippen molar-refractivity contribution in [2.75, 3.05) is 36.5 Å².